The molecule has 2 amide bonds. The number of fused-ring (bicyclic) bond motifs is 1. The molecular weight excluding hydrogens is 520 g/mol. The minimum Gasteiger partial charge on any atom is -0.508 e. The van der Waals surface area contributed by atoms with Crippen molar-refractivity contribution >= 4 is 50.0 Å². The SMILES string of the molecule is C/C(=N/NC(=O)c1cc(-c2ccc(O)cc2)nc2ccc(Br)cc12)c1ccc(NC(=O)C(C)C)cc1. The van der Waals surface area contributed by atoms with Gasteiger partial charge in [0.25, 0.3) is 5.91 Å². The van der Waals surface area contributed by atoms with Crippen LogP contribution in [-0.2, 0) is 4.79 Å². The van der Waals surface area contributed by atoms with Crippen molar-refractivity contribution in [2.24, 2.45) is 11.0 Å². The lowest BCUT2D eigenvalue weighted by Crippen LogP contribution is -2.20. The molecule has 0 saturated carbocycles. The molecule has 3 aromatic carbocycles. The number of nitrogens with one attached hydrogen (secondary N) is 2. The zero-order valence-electron chi connectivity index (χ0n) is 20.0. The number of hydrazone groups is 1. The summed E-state index contributed by atoms with van der Waals surface area (Å²) in [6, 6.07) is 21.2. The normalized spacial score (nSPS) is 11.5. The lowest BCUT2D eigenvalue weighted by atomic mass is 10.0. The van der Waals surface area contributed by atoms with E-state index in [4.69, 9.17) is 4.98 Å². The van der Waals surface area contributed by atoms with Crippen molar-refractivity contribution in [2.45, 2.75) is 20.8 Å². The van der Waals surface area contributed by atoms with E-state index < -0.39 is 0 Å². The van der Waals surface area contributed by atoms with Crippen LogP contribution >= 0.6 is 15.9 Å². The highest BCUT2D eigenvalue weighted by Crippen LogP contribution is 2.28. The predicted octanol–water partition coefficient (Wildman–Crippen LogP) is 6.12. The first-order chi connectivity index (χ1) is 17.2. The second-order valence-corrected chi connectivity index (χ2v) is 9.54. The van der Waals surface area contributed by atoms with Crippen LogP contribution in [0.25, 0.3) is 22.2 Å². The summed E-state index contributed by atoms with van der Waals surface area (Å²) in [6.45, 7) is 5.47. The van der Waals surface area contributed by atoms with Gasteiger partial charge in [-0.1, -0.05) is 41.9 Å². The van der Waals surface area contributed by atoms with Gasteiger partial charge in [0.2, 0.25) is 5.91 Å². The molecule has 0 bridgehead atoms. The molecule has 36 heavy (non-hydrogen) atoms. The standard InChI is InChI=1S/C28H25BrN4O3/c1-16(2)27(35)30-21-9-4-18(5-10-21)17(3)32-33-28(36)24-15-26(19-6-11-22(34)12-7-19)31-25-13-8-20(29)14-23(24)25/h4-16,34H,1-3H3,(H,30,35)(H,33,36)/b32-17-. The molecule has 0 radical (unpaired) electrons. The van der Waals surface area contributed by atoms with Crippen molar-refractivity contribution in [3.05, 3.63) is 88.4 Å². The smallest absolute Gasteiger partial charge is 0.272 e. The number of nitrogens with zero attached hydrogens (tertiary/aromatic N) is 2. The number of benzene rings is 3. The molecule has 0 aliphatic carbocycles. The van der Waals surface area contributed by atoms with Crippen LogP contribution in [0.1, 0.15) is 36.7 Å². The molecule has 0 fully saturated rings. The first-order valence-electron chi connectivity index (χ1n) is 11.4. The first-order valence-corrected chi connectivity index (χ1v) is 12.2. The monoisotopic (exact) mass is 544 g/mol. The fourth-order valence-corrected chi connectivity index (χ4v) is 3.87. The summed E-state index contributed by atoms with van der Waals surface area (Å²) < 4.78 is 0.826. The van der Waals surface area contributed by atoms with Crippen LogP contribution < -0.4 is 10.7 Å². The van der Waals surface area contributed by atoms with E-state index >= 15 is 0 Å². The number of carbonyl (C=O) groups is 2. The van der Waals surface area contributed by atoms with Crippen LogP contribution in [-0.4, -0.2) is 27.6 Å². The lowest BCUT2D eigenvalue weighted by molar-refractivity contribution is -0.118. The molecule has 182 valence electrons. The minimum absolute atomic E-state index is 0.0525. The second kappa shape index (κ2) is 10.7. The van der Waals surface area contributed by atoms with Crippen LogP contribution in [0.5, 0.6) is 5.75 Å². The number of pyridine rings is 1. The summed E-state index contributed by atoms with van der Waals surface area (Å²) in [5.41, 5.74) is 7.24. The number of hydrogen-bond donors (Lipinski definition) is 3. The van der Waals surface area contributed by atoms with Crippen LogP contribution in [0, 0.1) is 5.92 Å². The Bertz CT molecular complexity index is 1460. The van der Waals surface area contributed by atoms with Crippen molar-refractivity contribution in [2.75, 3.05) is 5.32 Å². The maximum Gasteiger partial charge on any atom is 0.272 e. The van der Waals surface area contributed by atoms with Crippen molar-refractivity contribution in [1.82, 2.24) is 10.4 Å². The third-order valence-corrected chi connectivity index (χ3v) is 6.09. The Labute approximate surface area is 217 Å². The Morgan fingerprint density at radius 2 is 1.67 bits per heavy atom. The van der Waals surface area contributed by atoms with Gasteiger partial charge in [0, 0.05) is 27.0 Å². The van der Waals surface area contributed by atoms with E-state index in [1.54, 1.807) is 49.4 Å². The Morgan fingerprint density at radius 3 is 2.33 bits per heavy atom. The highest BCUT2D eigenvalue weighted by atomic mass is 79.9. The summed E-state index contributed by atoms with van der Waals surface area (Å²) in [4.78, 5) is 29.8. The topological polar surface area (TPSA) is 104 Å². The number of carbonyl (C=O) groups excluding carboxylic acids is 2. The van der Waals surface area contributed by atoms with Crippen LogP contribution in [0.3, 0.4) is 0 Å². The van der Waals surface area contributed by atoms with Gasteiger partial charge in [0.05, 0.1) is 22.5 Å². The predicted molar refractivity (Wildman–Crippen MR) is 146 cm³/mol. The summed E-state index contributed by atoms with van der Waals surface area (Å²) in [6.07, 6.45) is 0. The lowest BCUT2D eigenvalue weighted by Gasteiger charge is -2.11. The van der Waals surface area contributed by atoms with Crippen molar-refractivity contribution < 1.29 is 14.7 Å². The largest absolute Gasteiger partial charge is 0.508 e. The Kier molecular flexibility index (Phi) is 7.45. The highest BCUT2D eigenvalue weighted by molar-refractivity contribution is 9.10. The Hall–Kier alpha value is -4.04. The van der Waals surface area contributed by atoms with Crippen molar-refractivity contribution in [3.63, 3.8) is 0 Å². The number of rotatable bonds is 6. The van der Waals surface area contributed by atoms with E-state index in [0.29, 0.717) is 33.6 Å². The second-order valence-electron chi connectivity index (χ2n) is 8.62. The molecule has 3 N–H and O–H groups in total. The maximum absolute atomic E-state index is 13.2. The third-order valence-electron chi connectivity index (χ3n) is 5.60. The van der Waals surface area contributed by atoms with Gasteiger partial charge in [-0.3, -0.25) is 9.59 Å². The molecule has 0 aliphatic heterocycles. The molecular formula is C28H25BrN4O3. The zero-order chi connectivity index (χ0) is 25.8. The van der Waals surface area contributed by atoms with Gasteiger partial charge < -0.3 is 10.4 Å². The summed E-state index contributed by atoms with van der Waals surface area (Å²) >= 11 is 3.47. The number of anilines is 1. The van der Waals surface area contributed by atoms with Gasteiger partial charge in [-0.15, -0.1) is 0 Å². The van der Waals surface area contributed by atoms with Gasteiger partial charge in [-0.05, 0) is 73.2 Å². The molecule has 0 saturated heterocycles. The highest BCUT2D eigenvalue weighted by Gasteiger charge is 2.15. The first kappa shape index (κ1) is 25.1. The van der Waals surface area contributed by atoms with E-state index in [0.717, 1.165) is 15.6 Å². The zero-order valence-corrected chi connectivity index (χ0v) is 21.6. The minimum atomic E-state index is -0.374. The average Bonchev–Trinajstić information content (AvgIpc) is 2.87. The summed E-state index contributed by atoms with van der Waals surface area (Å²) in [7, 11) is 0. The fourth-order valence-electron chi connectivity index (χ4n) is 3.51. The number of phenolic OH excluding ortho intramolecular Hbond substituents is 1. The van der Waals surface area contributed by atoms with E-state index in [1.165, 1.54) is 0 Å². The van der Waals surface area contributed by atoms with Crippen LogP contribution in [0.4, 0.5) is 5.69 Å². The third kappa shape index (κ3) is 5.78. The van der Waals surface area contributed by atoms with Crippen LogP contribution in [0.2, 0.25) is 0 Å². The van der Waals surface area contributed by atoms with Gasteiger partial charge in [0.1, 0.15) is 5.75 Å². The molecule has 0 unspecified atom stereocenters. The number of aromatic hydroxyl groups is 1. The fraction of sp³-hybridized carbons (Fsp3) is 0.143. The molecule has 0 atom stereocenters. The molecule has 1 heterocycles. The van der Waals surface area contributed by atoms with Gasteiger partial charge in [-0.2, -0.15) is 5.10 Å². The number of amides is 2. The number of aromatic nitrogens is 1. The molecule has 1 aromatic heterocycles. The molecule has 4 rings (SSSR count). The van der Waals surface area contributed by atoms with E-state index in [-0.39, 0.29) is 23.5 Å². The van der Waals surface area contributed by atoms with Gasteiger partial charge in [0.15, 0.2) is 0 Å². The summed E-state index contributed by atoms with van der Waals surface area (Å²) in [5, 5.41) is 17.4. The van der Waals surface area contributed by atoms with Crippen molar-refractivity contribution in [1.29, 1.82) is 0 Å². The molecule has 8 heteroatoms. The van der Waals surface area contributed by atoms with E-state index in [9.17, 15) is 14.7 Å². The van der Waals surface area contributed by atoms with Crippen LogP contribution in [0.15, 0.2) is 82.4 Å². The van der Waals surface area contributed by atoms with Gasteiger partial charge >= 0.3 is 0 Å². The number of hydrogen-bond acceptors (Lipinski definition) is 5. The number of halogens is 1. The van der Waals surface area contributed by atoms with Gasteiger partial charge in [-0.25, -0.2) is 10.4 Å². The summed E-state index contributed by atoms with van der Waals surface area (Å²) in [5.74, 6) is -0.381. The number of phenols is 1. The van der Waals surface area contributed by atoms with Crippen molar-refractivity contribution in [3.8, 4) is 17.0 Å². The Morgan fingerprint density at radius 1 is 0.972 bits per heavy atom. The Balaban J connectivity index is 1.60. The maximum atomic E-state index is 13.2. The average molecular weight is 545 g/mol. The molecule has 0 spiro atoms. The van der Waals surface area contributed by atoms with E-state index in [1.807, 2.05) is 44.2 Å². The molecule has 0 aliphatic rings. The van der Waals surface area contributed by atoms with E-state index in [2.05, 4.69) is 31.8 Å². The molecule has 4 aromatic rings. The quantitative estimate of drug-likeness (QED) is 0.201. The molecule has 7 nitrogen and oxygen atoms in total.